The van der Waals surface area contributed by atoms with Crippen LogP contribution in [-0.4, -0.2) is 18.8 Å². The van der Waals surface area contributed by atoms with Gasteiger partial charge in [-0.2, -0.15) is 5.26 Å². The molecular weight excluding hydrogens is 224 g/mol. The van der Waals surface area contributed by atoms with Crippen molar-refractivity contribution >= 4 is 17.3 Å². The highest BCUT2D eigenvalue weighted by Gasteiger charge is 2.24. The first-order valence-corrected chi connectivity index (χ1v) is 5.66. The number of ether oxygens (including phenoxy) is 1. The van der Waals surface area contributed by atoms with Crippen LogP contribution >= 0.6 is 11.6 Å². The molecule has 2 rings (SSSR count). The molecule has 1 N–H and O–H groups in total. The van der Waals surface area contributed by atoms with E-state index in [0.29, 0.717) is 16.6 Å². The molecule has 2 unspecified atom stereocenters. The topological polar surface area (TPSA) is 45.0 Å². The Morgan fingerprint density at radius 3 is 2.94 bits per heavy atom. The van der Waals surface area contributed by atoms with Gasteiger partial charge in [-0.3, -0.25) is 0 Å². The number of hydrogen-bond acceptors (Lipinski definition) is 3. The van der Waals surface area contributed by atoms with Crippen LogP contribution in [0.4, 0.5) is 5.69 Å². The molecule has 0 spiro atoms. The van der Waals surface area contributed by atoms with Crippen molar-refractivity contribution in [1.29, 1.82) is 5.26 Å². The largest absolute Gasteiger partial charge is 0.378 e. The van der Waals surface area contributed by atoms with Crippen LogP contribution in [0.5, 0.6) is 0 Å². The third kappa shape index (κ3) is 2.29. The number of benzene rings is 1. The Hall–Kier alpha value is -1.24. The van der Waals surface area contributed by atoms with Crippen LogP contribution in [-0.2, 0) is 4.74 Å². The Balaban J connectivity index is 2.13. The standard InChI is InChI=1S/C12H13ClN2O/c1-8-11(4-5-16-8)15-12-3-2-9(7-14)6-10(12)13/h2-3,6,8,11,15H,4-5H2,1H3. The van der Waals surface area contributed by atoms with E-state index in [-0.39, 0.29) is 6.10 Å². The van der Waals surface area contributed by atoms with Crippen molar-refractivity contribution in [2.45, 2.75) is 25.5 Å². The molecular formula is C12H13ClN2O. The lowest BCUT2D eigenvalue weighted by Gasteiger charge is -2.18. The average Bonchev–Trinajstić information content (AvgIpc) is 2.67. The molecule has 16 heavy (non-hydrogen) atoms. The Kier molecular flexibility index (Phi) is 3.33. The third-order valence-corrected chi connectivity index (χ3v) is 3.13. The van der Waals surface area contributed by atoms with Crippen LogP contribution in [0.25, 0.3) is 0 Å². The lowest BCUT2D eigenvalue weighted by molar-refractivity contribution is 0.121. The fourth-order valence-electron chi connectivity index (χ4n) is 1.82. The lowest BCUT2D eigenvalue weighted by atomic mass is 10.1. The molecule has 0 aliphatic carbocycles. The number of hydrogen-bond donors (Lipinski definition) is 1. The number of nitrogens with one attached hydrogen (secondary N) is 1. The lowest BCUT2D eigenvalue weighted by Crippen LogP contribution is -2.26. The summed E-state index contributed by atoms with van der Waals surface area (Å²) in [5, 5.41) is 12.7. The molecule has 1 fully saturated rings. The fourth-order valence-corrected chi connectivity index (χ4v) is 2.06. The SMILES string of the molecule is CC1OCCC1Nc1ccc(C#N)cc1Cl. The second-order valence-corrected chi connectivity index (χ2v) is 4.33. The van der Waals surface area contributed by atoms with Crippen LogP contribution in [0, 0.1) is 11.3 Å². The minimum Gasteiger partial charge on any atom is -0.378 e. The number of nitriles is 1. The zero-order valence-corrected chi connectivity index (χ0v) is 9.79. The molecule has 0 radical (unpaired) electrons. The van der Waals surface area contributed by atoms with E-state index in [0.717, 1.165) is 18.7 Å². The molecule has 4 heteroatoms. The normalized spacial score (nSPS) is 24.1. The Bertz CT molecular complexity index is 428. The predicted molar refractivity (Wildman–Crippen MR) is 63.6 cm³/mol. The summed E-state index contributed by atoms with van der Waals surface area (Å²) in [6.07, 6.45) is 1.18. The molecule has 1 aromatic carbocycles. The van der Waals surface area contributed by atoms with E-state index in [4.69, 9.17) is 21.6 Å². The fraction of sp³-hybridized carbons (Fsp3) is 0.417. The van der Waals surface area contributed by atoms with Gasteiger partial charge in [-0.1, -0.05) is 11.6 Å². The van der Waals surface area contributed by atoms with E-state index < -0.39 is 0 Å². The van der Waals surface area contributed by atoms with Gasteiger partial charge in [-0.05, 0) is 31.5 Å². The van der Waals surface area contributed by atoms with Gasteiger partial charge in [0.1, 0.15) is 0 Å². The minimum absolute atomic E-state index is 0.201. The second kappa shape index (κ2) is 4.73. The molecule has 2 atom stereocenters. The molecule has 1 aliphatic rings. The van der Waals surface area contributed by atoms with Crippen molar-refractivity contribution in [3.63, 3.8) is 0 Å². The highest BCUT2D eigenvalue weighted by molar-refractivity contribution is 6.33. The maximum absolute atomic E-state index is 8.73. The zero-order chi connectivity index (χ0) is 11.5. The first kappa shape index (κ1) is 11.3. The van der Waals surface area contributed by atoms with Crippen molar-refractivity contribution in [3.05, 3.63) is 28.8 Å². The van der Waals surface area contributed by atoms with Crippen LogP contribution in [0.15, 0.2) is 18.2 Å². The van der Waals surface area contributed by atoms with Gasteiger partial charge >= 0.3 is 0 Å². The van der Waals surface area contributed by atoms with Crippen LogP contribution < -0.4 is 5.32 Å². The van der Waals surface area contributed by atoms with Crippen molar-refractivity contribution in [2.24, 2.45) is 0 Å². The summed E-state index contributed by atoms with van der Waals surface area (Å²) in [7, 11) is 0. The molecule has 0 aromatic heterocycles. The van der Waals surface area contributed by atoms with Crippen molar-refractivity contribution in [1.82, 2.24) is 0 Å². The molecule has 0 amide bonds. The summed E-state index contributed by atoms with van der Waals surface area (Å²) in [6, 6.07) is 7.63. The van der Waals surface area contributed by atoms with Crippen molar-refractivity contribution in [2.75, 3.05) is 11.9 Å². The van der Waals surface area contributed by atoms with Crippen molar-refractivity contribution < 1.29 is 4.74 Å². The van der Waals surface area contributed by atoms with Crippen LogP contribution in [0.1, 0.15) is 18.9 Å². The third-order valence-electron chi connectivity index (χ3n) is 2.82. The van der Waals surface area contributed by atoms with E-state index >= 15 is 0 Å². The van der Waals surface area contributed by atoms with E-state index in [1.807, 2.05) is 13.0 Å². The van der Waals surface area contributed by atoms with Gasteiger partial charge in [0.25, 0.3) is 0 Å². The maximum Gasteiger partial charge on any atom is 0.0992 e. The average molecular weight is 237 g/mol. The Labute approximate surface area is 100.0 Å². The Morgan fingerprint density at radius 2 is 2.38 bits per heavy atom. The summed E-state index contributed by atoms with van der Waals surface area (Å²) >= 11 is 6.08. The first-order valence-electron chi connectivity index (χ1n) is 5.28. The highest BCUT2D eigenvalue weighted by Crippen LogP contribution is 2.26. The number of halogens is 1. The summed E-state index contributed by atoms with van der Waals surface area (Å²) in [4.78, 5) is 0. The molecule has 0 bridgehead atoms. The maximum atomic E-state index is 8.73. The summed E-state index contributed by atoms with van der Waals surface area (Å²) in [6.45, 7) is 2.83. The summed E-state index contributed by atoms with van der Waals surface area (Å²) < 4.78 is 5.46. The van der Waals surface area contributed by atoms with Crippen LogP contribution in [0.2, 0.25) is 5.02 Å². The molecule has 0 saturated carbocycles. The van der Waals surface area contributed by atoms with Crippen molar-refractivity contribution in [3.8, 4) is 6.07 Å². The van der Waals surface area contributed by atoms with E-state index in [1.54, 1.807) is 12.1 Å². The minimum atomic E-state index is 0.201. The van der Waals surface area contributed by atoms with Crippen LogP contribution in [0.3, 0.4) is 0 Å². The number of anilines is 1. The zero-order valence-electron chi connectivity index (χ0n) is 9.03. The summed E-state index contributed by atoms with van der Waals surface area (Å²) in [5.41, 5.74) is 1.44. The molecule has 1 saturated heterocycles. The molecule has 1 aromatic rings. The number of rotatable bonds is 2. The van der Waals surface area contributed by atoms with E-state index in [1.165, 1.54) is 0 Å². The second-order valence-electron chi connectivity index (χ2n) is 3.92. The van der Waals surface area contributed by atoms with E-state index in [2.05, 4.69) is 11.4 Å². The molecule has 1 aliphatic heterocycles. The highest BCUT2D eigenvalue weighted by atomic mass is 35.5. The predicted octanol–water partition coefficient (Wildman–Crippen LogP) is 2.80. The van der Waals surface area contributed by atoms with Gasteiger partial charge < -0.3 is 10.1 Å². The monoisotopic (exact) mass is 236 g/mol. The van der Waals surface area contributed by atoms with Gasteiger partial charge in [0, 0.05) is 6.61 Å². The quantitative estimate of drug-likeness (QED) is 0.859. The van der Waals surface area contributed by atoms with Gasteiger partial charge in [-0.15, -0.1) is 0 Å². The smallest absolute Gasteiger partial charge is 0.0992 e. The first-order chi connectivity index (χ1) is 7.70. The van der Waals surface area contributed by atoms with Gasteiger partial charge in [-0.25, -0.2) is 0 Å². The molecule has 84 valence electrons. The van der Waals surface area contributed by atoms with Gasteiger partial charge in [0.05, 0.1) is 34.5 Å². The van der Waals surface area contributed by atoms with Gasteiger partial charge in [0.15, 0.2) is 0 Å². The van der Waals surface area contributed by atoms with E-state index in [9.17, 15) is 0 Å². The van der Waals surface area contributed by atoms with Gasteiger partial charge in [0.2, 0.25) is 0 Å². The number of nitrogens with zero attached hydrogens (tertiary/aromatic N) is 1. The molecule has 1 heterocycles. The Morgan fingerprint density at radius 1 is 1.56 bits per heavy atom. The summed E-state index contributed by atoms with van der Waals surface area (Å²) in [5.74, 6) is 0. The molecule has 3 nitrogen and oxygen atoms in total.